The number of anilines is 1. The topological polar surface area (TPSA) is 74.5 Å². The Bertz CT molecular complexity index is 580. The van der Waals surface area contributed by atoms with Crippen LogP contribution in [0, 0.1) is 0 Å². The van der Waals surface area contributed by atoms with Crippen LogP contribution in [0.3, 0.4) is 0 Å². The molecule has 2 aromatic rings. The fourth-order valence-electron chi connectivity index (χ4n) is 2.68. The van der Waals surface area contributed by atoms with E-state index in [2.05, 4.69) is 33.7 Å². The van der Waals surface area contributed by atoms with Gasteiger partial charge >= 0.3 is 0 Å². The van der Waals surface area contributed by atoms with Gasteiger partial charge in [0.25, 0.3) is 0 Å². The number of aryl methyl sites for hydroxylation is 1. The fraction of sp³-hybridized carbons (Fsp3) is 0.615. The molecule has 0 bridgehead atoms. The lowest BCUT2D eigenvalue weighted by Gasteiger charge is -2.25. The molecule has 2 aromatic heterocycles. The van der Waals surface area contributed by atoms with Crippen molar-refractivity contribution in [3.05, 3.63) is 24.0 Å². The summed E-state index contributed by atoms with van der Waals surface area (Å²) in [6.07, 6.45) is 8.19. The Hall–Kier alpha value is -1.85. The molecule has 2 N–H and O–H groups in total. The number of nitrogens with zero attached hydrogens (tertiary/aromatic N) is 5. The Morgan fingerprint density at radius 3 is 2.79 bits per heavy atom. The van der Waals surface area contributed by atoms with E-state index in [0.29, 0.717) is 5.69 Å². The summed E-state index contributed by atoms with van der Waals surface area (Å²) in [4.78, 5) is 0. The van der Waals surface area contributed by atoms with Gasteiger partial charge in [0.15, 0.2) is 5.82 Å². The smallest absolute Gasteiger partial charge is 0.160 e. The van der Waals surface area contributed by atoms with E-state index in [0.717, 1.165) is 24.6 Å². The van der Waals surface area contributed by atoms with Gasteiger partial charge in [-0.25, -0.2) is 0 Å². The van der Waals surface area contributed by atoms with Crippen LogP contribution < -0.4 is 5.73 Å². The third-order valence-corrected chi connectivity index (χ3v) is 3.83. The zero-order valence-corrected chi connectivity index (χ0v) is 11.5. The largest absolute Gasteiger partial charge is 0.396 e. The predicted octanol–water partition coefficient (Wildman–Crippen LogP) is 1.57. The van der Waals surface area contributed by atoms with E-state index in [4.69, 9.17) is 5.73 Å². The van der Waals surface area contributed by atoms with Crippen LogP contribution in [0.4, 0.5) is 5.69 Å². The molecule has 0 radical (unpaired) electrons. The lowest BCUT2D eigenvalue weighted by Crippen LogP contribution is -2.32. The molecule has 3 rings (SSSR count). The van der Waals surface area contributed by atoms with Gasteiger partial charge in [0.1, 0.15) is 11.4 Å². The molecule has 0 saturated heterocycles. The predicted molar refractivity (Wildman–Crippen MR) is 72.6 cm³/mol. The maximum absolute atomic E-state index is 5.77. The first-order chi connectivity index (χ1) is 9.09. The number of nitrogen functional groups attached to an aromatic ring is 1. The van der Waals surface area contributed by atoms with Crippen molar-refractivity contribution in [2.45, 2.75) is 51.6 Å². The van der Waals surface area contributed by atoms with Crippen LogP contribution in [0.2, 0.25) is 0 Å². The molecule has 0 amide bonds. The average Bonchev–Trinajstić information content (AvgIpc) is 2.91. The van der Waals surface area contributed by atoms with Gasteiger partial charge in [-0.2, -0.15) is 5.10 Å². The van der Waals surface area contributed by atoms with Crippen molar-refractivity contribution in [3.8, 4) is 0 Å². The van der Waals surface area contributed by atoms with E-state index in [-0.39, 0.29) is 5.54 Å². The maximum atomic E-state index is 5.77. The normalized spacial score (nSPS) is 16.1. The van der Waals surface area contributed by atoms with Crippen LogP contribution in [0.15, 0.2) is 12.4 Å². The quantitative estimate of drug-likeness (QED) is 0.889. The number of hydrogen-bond acceptors (Lipinski definition) is 4. The Balaban J connectivity index is 2.04. The summed E-state index contributed by atoms with van der Waals surface area (Å²) in [5.74, 6) is 2.06. The van der Waals surface area contributed by atoms with E-state index in [1.807, 2.05) is 10.9 Å². The van der Waals surface area contributed by atoms with Gasteiger partial charge in [0.2, 0.25) is 0 Å². The number of aromatic nitrogens is 5. The molecular formula is C13H20N6. The minimum Gasteiger partial charge on any atom is -0.396 e. The minimum absolute atomic E-state index is 0.340. The molecule has 0 spiro atoms. The second-order valence-corrected chi connectivity index (χ2v) is 5.68. The standard InChI is InChI=1S/C13H20N6/c1-13(2,19-9-10(14)8-15-19)12-17-16-11-6-4-3-5-7-18(11)12/h8-9H,3-7,14H2,1-2H3. The van der Waals surface area contributed by atoms with Crippen LogP contribution in [-0.2, 0) is 18.5 Å². The third kappa shape index (κ3) is 2.01. The van der Waals surface area contributed by atoms with Crippen molar-refractivity contribution >= 4 is 5.69 Å². The SMILES string of the molecule is CC(C)(c1nnc2n1CCCCC2)n1cc(N)cn1. The van der Waals surface area contributed by atoms with Gasteiger partial charge in [-0.15, -0.1) is 10.2 Å². The summed E-state index contributed by atoms with van der Waals surface area (Å²) in [5.41, 5.74) is 6.10. The highest BCUT2D eigenvalue weighted by molar-refractivity contribution is 5.31. The lowest BCUT2D eigenvalue weighted by atomic mass is 10.0. The number of rotatable bonds is 2. The van der Waals surface area contributed by atoms with Gasteiger partial charge in [0.05, 0.1) is 11.9 Å². The van der Waals surface area contributed by atoms with Gasteiger partial charge in [-0.3, -0.25) is 4.68 Å². The molecule has 0 aromatic carbocycles. The summed E-state index contributed by atoms with van der Waals surface area (Å²) in [7, 11) is 0. The van der Waals surface area contributed by atoms with Crippen molar-refractivity contribution in [2.75, 3.05) is 5.73 Å². The zero-order valence-electron chi connectivity index (χ0n) is 11.5. The van der Waals surface area contributed by atoms with E-state index in [9.17, 15) is 0 Å². The van der Waals surface area contributed by atoms with E-state index < -0.39 is 0 Å². The minimum atomic E-state index is -0.340. The molecule has 0 aliphatic carbocycles. The highest BCUT2D eigenvalue weighted by atomic mass is 15.4. The first-order valence-electron chi connectivity index (χ1n) is 6.82. The van der Waals surface area contributed by atoms with E-state index in [1.54, 1.807) is 6.20 Å². The molecule has 102 valence electrons. The molecule has 6 nitrogen and oxygen atoms in total. The van der Waals surface area contributed by atoms with Crippen LogP contribution in [0.1, 0.15) is 44.8 Å². The molecule has 0 fully saturated rings. The number of nitrogens with two attached hydrogens (primary N) is 1. The maximum Gasteiger partial charge on any atom is 0.160 e. The first-order valence-corrected chi connectivity index (χ1v) is 6.82. The molecule has 0 atom stereocenters. The Morgan fingerprint density at radius 1 is 1.21 bits per heavy atom. The van der Waals surface area contributed by atoms with Crippen LogP contribution >= 0.6 is 0 Å². The molecule has 19 heavy (non-hydrogen) atoms. The highest BCUT2D eigenvalue weighted by Crippen LogP contribution is 2.26. The van der Waals surface area contributed by atoms with Crippen LogP contribution in [0.25, 0.3) is 0 Å². The Kier molecular flexibility index (Phi) is 2.80. The molecule has 0 saturated carbocycles. The van der Waals surface area contributed by atoms with Crippen molar-refractivity contribution in [3.63, 3.8) is 0 Å². The summed E-state index contributed by atoms with van der Waals surface area (Å²) in [6.45, 7) is 5.20. The number of hydrogen-bond donors (Lipinski definition) is 1. The van der Waals surface area contributed by atoms with Gasteiger partial charge < -0.3 is 10.3 Å². The van der Waals surface area contributed by atoms with Crippen molar-refractivity contribution in [1.82, 2.24) is 24.5 Å². The van der Waals surface area contributed by atoms with Crippen molar-refractivity contribution in [1.29, 1.82) is 0 Å². The molecule has 3 heterocycles. The summed E-state index contributed by atoms with van der Waals surface area (Å²) in [6, 6.07) is 0. The fourth-order valence-corrected chi connectivity index (χ4v) is 2.68. The monoisotopic (exact) mass is 260 g/mol. The van der Waals surface area contributed by atoms with Gasteiger partial charge in [-0.1, -0.05) is 6.42 Å². The van der Waals surface area contributed by atoms with Gasteiger partial charge in [0, 0.05) is 19.2 Å². The van der Waals surface area contributed by atoms with E-state index >= 15 is 0 Å². The summed E-state index contributed by atoms with van der Waals surface area (Å²) < 4.78 is 4.12. The summed E-state index contributed by atoms with van der Waals surface area (Å²) in [5, 5.41) is 13.1. The second kappa shape index (κ2) is 4.36. The van der Waals surface area contributed by atoms with Gasteiger partial charge in [-0.05, 0) is 26.7 Å². The first kappa shape index (κ1) is 12.2. The molecule has 1 aliphatic rings. The van der Waals surface area contributed by atoms with Crippen LogP contribution in [0.5, 0.6) is 0 Å². The lowest BCUT2D eigenvalue weighted by molar-refractivity contribution is 0.349. The average molecular weight is 260 g/mol. The Morgan fingerprint density at radius 2 is 2.05 bits per heavy atom. The Labute approximate surface area is 112 Å². The molecule has 1 aliphatic heterocycles. The molecule has 0 unspecified atom stereocenters. The zero-order chi connectivity index (χ0) is 13.5. The summed E-state index contributed by atoms with van der Waals surface area (Å²) >= 11 is 0. The second-order valence-electron chi connectivity index (χ2n) is 5.68. The van der Waals surface area contributed by atoms with Crippen LogP contribution in [-0.4, -0.2) is 24.5 Å². The third-order valence-electron chi connectivity index (χ3n) is 3.83. The van der Waals surface area contributed by atoms with E-state index in [1.165, 1.54) is 19.3 Å². The van der Waals surface area contributed by atoms with Crippen molar-refractivity contribution < 1.29 is 0 Å². The number of fused-ring (bicyclic) bond motifs is 1. The highest BCUT2D eigenvalue weighted by Gasteiger charge is 2.31. The molecule has 6 heteroatoms. The molecular weight excluding hydrogens is 240 g/mol. The van der Waals surface area contributed by atoms with Crippen molar-refractivity contribution in [2.24, 2.45) is 0 Å².